The van der Waals surface area contributed by atoms with Gasteiger partial charge in [0.1, 0.15) is 0 Å². The number of para-hydroxylation sites is 1. The van der Waals surface area contributed by atoms with Gasteiger partial charge in [-0.25, -0.2) is 8.42 Å². The van der Waals surface area contributed by atoms with Gasteiger partial charge in [-0.05, 0) is 49.2 Å². The van der Waals surface area contributed by atoms with E-state index in [0.29, 0.717) is 27.5 Å². The van der Waals surface area contributed by atoms with Gasteiger partial charge in [-0.3, -0.25) is 9.52 Å². The van der Waals surface area contributed by atoms with Crippen molar-refractivity contribution in [2.75, 3.05) is 10.0 Å². The number of nitrogens with one attached hydrogen (secondary N) is 2. The van der Waals surface area contributed by atoms with Crippen LogP contribution in [0.25, 0.3) is 0 Å². The summed E-state index contributed by atoms with van der Waals surface area (Å²) in [5, 5.41) is 2.97. The normalized spacial score (nSPS) is 11.1. The van der Waals surface area contributed by atoms with E-state index in [-0.39, 0.29) is 10.8 Å². The molecule has 2 N–H and O–H groups in total. The van der Waals surface area contributed by atoms with Crippen molar-refractivity contribution in [1.29, 1.82) is 0 Å². The van der Waals surface area contributed by atoms with Crippen molar-refractivity contribution in [1.82, 2.24) is 0 Å². The molecule has 0 aromatic heterocycles. The maximum Gasteiger partial charge on any atom is 0.262 e. The summed E-state index contributed by atoms with van der Waals surface area (Å²) in [5.41, 5.74) is 1.95. The highest BCUT2D eigenvalue weighted by atomic mass is 35.5. The van der Waals surface area contributed by atoms with E-state index in [1.807, 2.05) is 0 Å². The minimum absolute atomic E-state index is 0.173. The van der Waals surface area contributed by atoms with E-state index >= 15 is 0 Å². The van der Waals surface area contributed by atoms with Crippen LogP contribution in [0.3, 0.4) is 0 Å². The van der Waals surface area contributed by atoms with Crippen LogP contribution in [0, 0.1) is 13.8 Å². The topological polar surface area (TPSA) is 75.3 Å². The molecule has 5 nitrogen and oxygen atoms in total. The van der Waals surface area contributed by atoms with Crippen molar-refractivity contribution in [3.05, 3.63) is 52.5 Å². The summed E-state index contributed by atoms with van der Waals surface area (Å²) in [7, 11) is -3.79. The number of amides is 1. The Labute approximate surface area is 140 Å². The Hall–Kier alpha value is -2.05. The van der Waals surface area contributed by atoms with Gasteiger partial charge >= 0.3 is 0 Å². The second-order valence-electron chi connectivity index (χ2n) is 5.21. The van der Waals surface area contributed by atoms with Gasteiger partial charge in [0.25, 0.3) is 10.0 Å². The Morgan fingerprint density at radius 2 is 1.65 bits per heavy atom. The number of rotatable bonds is 4. The molecule has 0 atom stereocenters. The Bertz CT molecular complexity index is 840. The number of hydrogen-bond acceptors (Lipinski definition) is 3. The van der Waals surface area contributed by atoms with E-state index in [1.165, 1.54) is 6.92 Å². The zero-order chi connectivity index (χ0) is 17.2. The van der Waals surface area contributed by atoms with E-state index in [2.05, 4.69) is 10.0 Å². The minimum Gasteiger partial charge on any atom is -0.326 e. The van der Waals surface area contributed by atoms with Gasteiger partial charge in [-0.15, -0.1) is 0 Å². The maximum absolute atomic E-state index is 12.7. The molecule has 0 saturated carbocycles. The van der Waals surface area contributed by atoms with Crippen molar-refractivity contribution in [3.63, 3.8) is 0 Å². The molecular formula is C16H17ClN2O3S. The Morgan fingerprint density at radius 1 is 1.09 bits per heavy atom. The first-order chi connectivity index (χ1) is 10.7. The van der Waals surface area contributed by atoms with E-state index < -0.39 is 10.0 Å². The Balaban J connectivity index is 2.44. The molecule has 0 radical (unpaired) electrons. The van der Waals surface area contributed by atoms with Gasteiger partial charge in [0.15, 0.2) is 0 Å². The van der Waals surface area contributed by atoms with Crippen LogP contribution < -0.4 is 10.0 Å². The van der Waals surface area contributed by atoms with Crippen LogP contribution in [0.4, 0.5) is 11.4 Å². The first-order valence-electron chi connectivity index (χ1n) is 6.87. The quantitative estimate of drug-likeness (QED) is 0.880. The lowest BCUT2D eigenvalue weighted by Gasteiger charge is -2.15. The monoisotopic (exact) mass is 352 g/mol. The number of carbonyl (C=O) groups is 1. The van der Waals surface area contributed by atoms with Gasteiger partial charge in [0, 0.05) is 12.6 Å². The molecule has 0 bridgehead atoms. The maximum atomic E-state index is 12.7. The van der Waals surface area contributed by atoms with E-state index in [1.54, 1.807) is 50.2 Å². The minimum atomic E-state index is -3.79. The first kappa shape index (κ1) is 17.3. The van der Waals surface area contributed by atoms with Crippen LogP contribution in [-0.2, 0) is 14.8 Å². The number of benzene rings is 2. The summed E-state index contributed by atoms with van der Waals surface area (Å²) in [5.74, 6) is -0.214. The zero-order valence-electron chi connectivity index (χ0n) is 13.0. The molecule has 2 rings (SSSR count). The summed E-state index contributed by atoms with van der Waals surface area (Å²) < 4.78 is 27.8. The molecule has 0 aliphatic carbocycles. The molecule has 0 saturated heterocycles. The number of halogens is 1. The zero-order valence-corrected chi connectivity index (χ0v) is 14.5. The van der Waals surface area contributed by atoms with Crippen LogP contribution in [0.2, 0.25) is 5.02 Å². The molecule has 122 valence electrons. The summed E-state index contributed by atoms with van der Waals surface area (Å²) >= 11 is 6.01. The third kappa shape index (κ3) is 4.03. The van der Waals surface area contributed by atoms with E-state index in [4.69, 9.17) is 11.6 Å². The average Bonchev–Trinajstić information content (AvgIpc) is 2.39. The average molecular weight is 353 g/mol. The fourth-order valence-corrected chi connectivity index (χ4v) is 4.16. The van der Waals surface area contributed by atoms with Crippen molar-refractivity contribution < 1.29 is 13.2 Å². The first-order valence-corrected chi connectivity index (χ1v) is 8.73. The van der Waals surface area contributed by atoms with Crippen LogP contribution in [0.1, 0.15) is 18.1 Å². The lowest BCUT2D eigenvalue weighted by Crippen LogP contribution is -2.16. The number of carbonyl (C=O) groups excluding carboxylic acids is 1. The fraction of sp³-hybridized carbons (Fsp3) is 0.188. The lowest BCUT2D eigenvalue weighted by molar-refractivity contribution is -0.114. The summed E-state index contributed by atoms with van der Waals surface area (Å²) in [6, 6.07) is 9.86. The van der Waals surface area contributed by atoms with E-state index in [0.717, 1.165) is 0 Å². The Kier molecular flexibility index (Phi) is 4.97. The number of aryl methyl sites for hydroxylation is 2. The molecule has 23 heavy (non-hydrogen) atoms. The highest BCUT2D eigenvalue weighted by Crippen LogP contribution is 2.28. The molecule has 1 amide bonds. The SMILES string of the molecule is CC(=O)Nc1cc(C)c(S(=O)(=O)Nc2ccccc2Cl)c(C)c1. The third-order valence-corrected chi connectivity index (χ3v) is 5.17. The van der Waals surface area contributed by atoms with Gasteiger partial charge in [-0.1, -0.05) is 23.7 Å². The van der Waals surface area contributed by atoms with Crippen molar-refractivity contribution in [3.8, 4) is 0 Å². The molecule has 0 spiro atoms. The van der Waals surface area contributed by atoms with Crippen molar-refractivity contribution in [2.24, 2.45) is 0 Å². The highest BCUT2D eigenvalue weighted by molar-refractivity contribution is 7.92. The predicted octanol–water partition coefficient (Wildman–Crippen LogP) is 3.72. The Morgan fingerprint density at radius 3 is 2.17 bits per heavy atom. The molecule has 0 aliphatic heterocycles. The summed E-state index contributed by atoms with van der Waals surface area (Å²) in [6.07, 6.45) is 0. The van der Waals surface area contributed by atoms with Gasteiger partial charge in [-0.2, -0.15) is 0 Å². The molecule has 7 heteroatoms. The molecule has 0 heterocycles. The van der Waals surface area contributed by atoms with Crippen molar-refractivity contribution >= 4 is 38.9 Å². The summed E-state index contributed by atoms with van der Waals surface area (Å²) in [6.45, 7) is 4.76. The number of anilines is 2. The molecule has 0 fully saturated rings. The largest absolute Gasteiger partial charge is 0.326 e. The highest BCUT2D eigenvalue weighted by Gasteiger charge is 2.21. The van der Waals surface area contributed by atoms with Crippen LogP contribution in [-0.4, -0.2) is 14.3 Å². The van der Waals surface area contributed by atoms with E-state index in [9.17, 15) is 13.2 Å². The molecule has 0 unspecified atom stereocenters. The van der Waals surface area contributed by atoms with Crippen LogP contribution in [0.15, 0.2) is 41.3 Å². The standard InChI is InChI=1S/C16H17ClN2O3S/c1-10-8-13(18-12(3)20)9-11(2)16(10)23(21,22)19-15-7-5-4-6-14(15)17/h4-9,19H,1-3H3,(H,18,20). The predicted molar refractivity (Wildman–Crippen MR) is 92.5 cm³/mol. The van der Waals surface area contributed by atoms with Gasteiger partial charge in [0.05, 0.1) is 15.6 Å². The second-order valence-corrected chi connectivity index (χ2v) is 7.23. The van der Waals surface area contributed by atoms with Crippen LogP contribution in [0.5, 0.6) is 0 Å². The van der Waals surface area contributed by atoms with Gasteiger partial charge < -0.3 is 5.32 Å². The molecule has 2 aromatic rings. The van der Waals surface area contributed by atoms with Gasteiger partial charge in [0.2, 0.25) is 5.91 Å². The lowest BCUT2D eigenvalue weighted by atomic mass is 10.1. The third-order valence-electron chi connectivity index (χ3n) is 3.17. The smallest absolute Gasteiger partial charge is 0.262 e. The fourth-order valence-electron chi connectivity index (χ4n) is 2.39. The summed E-state index contributed by atoms with van der Waals surface area (Å²) in [4.78, 5) is 11.3. The number of sulfonamides is 1. The second kappa shape index (κ2) is 6.60. The number of hydrogen-bond donors (Lipinski definition) is 2. The van der Waals surface area contributed by atoms with Crippen LogP contribution >= 0.6 is 11.6 Å². The molecule has 2 aromatic carbocycles. The molecular weight excluding hydrogens is 336 g/mol. The van der Waals surface area contributed by atoms with Crippen molar-refractivity contribution in [2.45, 2.75) is 25.7 Å². The molecule has 0 aliphatic rings.